The van der Waals surface area contributed by atoms with E-state index in [-0.39, 0.29) is 11.5 Å². The molecule has 7 nitrogen and oxygen atoms in total. The lowest BCUT2D eigenvalue weighted by molar-refractivity contribution is -0.125. The van der Waals surface area contributed by atoms with Crippen molar-refractivity contribution in [2.45, 2.75) is 13.8 Å². The minimum atomic E-state index is -0.442. The molecule has 2 aromatic rings. The third-order valence-corrected chi connectivity index (χ3v) is 4.15. The molecule has 1 aromatic heterocycles. The standard InChI is InChI=1S/C20H25N3O4/c1-14-10-15(2)12-17(11-14)27-9-8-21(3)18(24)7-6-16-13-22(4)20(26)23(5)19(16)25/h6-7,10-13H,8-9H2,1-5H3/b7-6+. The Morgan fingerprint density at radius 2 is 1.78 bits per heavy atom. The van der Waals surface area contributed by atoms with E-state index in [9.17, 15) is 14.4 Å². The molecule has 1 amide bonds. The number of ether oxygens (including phenoxy) is 1. The minimum Gasteiger partial charge on any atom is -0.492 e. The van der Waals surface area contributed by atoms with Gasteiger partial charge in [0.15, 0.2) is 0 Å². The van der Waals surface area contributed by atoms with E-state index in [1.165, 1.54) is 34.9 Å². The maximum atomic E-state index is 12.2. The molecule has 144 valence electrons. The highest BCUT2D eigenvalue weighted by molar-refractivity contribution is 5.91. The minimum absolute atomic E-state index is 0.255. The Labute approximate surface area is 158 Å². The molecule has 0 N–H and O–H groups in total. The molecule has 0 aliphatic heterocycles. The number of hydrogen-bond donors (Lipinski definition) is 0. The summed E-state index contributed by atoms with van der Waals surface area (Å²) in [5.41, 5.74) is 1.66. The van der Waals surface area contributed by atoms with Gasteiger partial charge in [0.1, 0.15) is 12.4 Å². The third kappa shape index (κ3) is 5.20. The second-order valence-corrected chi connectivity index (χ2v) is 6.61. The SMILES string of the molecule is Cc1cc(C)cc(OCCN(C)C(=O)/C=C/c2cn(C)c(=O)n(C)c2=O)c1. The summed E-state index contributed by atoms with van der Waals surface area (Å²) in [5.74, 6) is 0.521. The van der Waals surface area contributed by atoms with Crippen LogP contribution in [0.4, 0.5) is 0 Å². The Balaban J connectivity index is 1.97. The Morgan fingerprint density at radius 1 is 1.15 bits per heavy atom. The van der Waals surface area contributed by atoms with Gasteiger partial charge < -0.3 is 14.2 Å². The lowest BCUT2D eigenvalue weighted by Gasteiger charge is -2.16. The molecule has 7 heteroatoms. The number of aromatic nitrogens is 2. The molecule has 0 unspecified atom stereocenters. The zero-order valence-electron chi connectivity index (χ0n) is 16.4. The maximum Gasteiger partial charge on any atom is 0.330 e. The van der Waals surface area contributed by atoms with Gasteiger partial charge in [-0.15, -0.1) is 0 Å². The number of amides is 1. The van der Waals surface area contributed by atoms with Crippen LogP contribution in [0.25, 0.3) is 6.08 Å². The van der Waals surface area contributed by atoms with Gasteiger partial charge in [-0.05, 0) is 43.2 Å². The second-order valence-electron chi connectivity index (χ2n) is 6.61. The van der Waals surface area contributed by atoms with Gasteiger partial charge in [0, 0.05) is 33.4 Å². The van der Waals surface area contributed by atoms with Crippen molar-refractivity contribution in [2.24, 2.45) is 14.1 Å². The van der Waals surface area contributed by atoms with Crippen LogP contribution in [0.3, 0.4) is 0 Å². The van der Waals surface area contributed by atoms with Crippen LogP contribution >= 0.6 is 0 Å². The fraction of sp³-hybridized carbons (Fsp3) is 0.350. The summed E-state index contributed by atoms with van der Waals surface area (Å²) in [6.07, 6.45) is 4.15. The molecule has 0 aliphatic carbocycles. The van der Waals surface area contributed by atoms with Gasteiger partial charge in [-0.3, -0.25) is 14.2 Å². The van der Waals surface area contributed by atoms with Crippen LogP contribution in [0.2, 0.25) is 0 Å². The lowest BCUT2D eigenvalue weighted by Crippen LogP contribution is -2.37. The van der Waals surface area contributed by atoms with Crippen molar-refractivity contribution in [3.05, 3.63) is 68.0 Å². The Bertz CT molecular complexity index is 965. The van der Waals surface area contributed by atoms with Crippen molar-refractivity contribution in [3.8, 4) is 5.75 Å². The summed E-state index contributed by atoms with van der Waals surface area (Å²) in [6.45, 7) is 4.77. The third-order valence-electron chi connectivity index (χ3n) is 4.15. The molecular weight excluding hydrogens is 346 g/mol. The molecule has 1 aromatic carbocycles. The first-order chi connectivity index (χ1) is 12.7. The molecule has 2 rings (SSSR count). The number of benzene rings is 1. The number of rotatable bonds is 6. The van der Waals surface area contributed by atoms with Gasteiger partial charge in [-0.1, -0.05) is 6.07 Å². The van der Waals surface area contributed by atoms with Gasteiger partial charge in [-0.2, -0.15) is 0 Å². The molecule has 0 bridgehead atoms. The van der Waals surface area contributed by atoms with Crippen molar-refractivity contribution >= 4 is 12.0 Å². The first kappa shape index (κ1) is 20.2. The van der Waals surface area contributed by atoms with Gasteiger partial charge in [0.05, 0.1) is 12.1 Å². The summed E-state index contributed by atoms with van der Waals surface area (Å²) >= 11 is 0. The van der Waals surface area contributed by atoms with E-state index in [0.29, 0.717) is 13.2 Å². The van der Waals surface area contributed by atoms with E-state index in [1.54, 1.807) is 14.1 Å². The van der Waals surface area contributed by atoms with Gasteiger partial charge >= 0.3 is 5.69 Å². The van der Waals surface area contributed by atoms with Crippen LogP contribution in [0.5, 0.6) is 5.75 Å². The van der Waals surface area contributed by atoms with Gasteiger partial charge in [-0.25, -0.2) is 4.79 Å². The van der Waals surface area contributed by atoms with Crippen molar-refractivity contribution < 1.29 is 9.53 Å². The number of likely N-dealkylation sites (N-methyl/N-ethyl adjacent to an activating group) is 1. The van der Waals surface area contributed by atoms with E-state index >= 15 is 0 Å². The van der Waals surface area contributed by atoms with Crippen LogP contribution in [-0.2, 0) is 18.9 Å². The average Bonchev–Trinajstić information content (AvgIpc) is 2.60. The molecular formula is C20H25N3O4. The first-order valence-corrected chi connectivity index (χ1v) is 8.60. The Morgan fingerprint density at radius 3 is 2.41 bits per heavy atom. The summed E-state index contributed by atoms with van der Waals surface area (Å²) in [7, 11) is 4.62. The lowest BCUT2D eigenvalue weighted by atomic mass is 10.1. The topological polar surface area (TPSA) is 73.5 Å². The van der Waals surface area contributed by atoms with Crippen LogP contribution < -0.4 is 16.0 Å². The quantitative estimate of drug-likeness (QED) is 0.717. The molecule has 1 heterocycles. The predicted octanol–water partition coefficient (Wildman–Crippen LogP) is 1.25. The molecule has 0 saturated carbocycles. The summed E-state index contributed by atoms with van der Waals surface area (Å²) in [6, 6.07) is 5.96. The molecule has 0 aliphatic rings. The van der Waals surface area contributed by atoms with Gasteiger partial charge in [0.25, 0.3) is 5.56 Å². The molecule has 0 fully saturated rings. The normalized spacial score (nSPS) is 11.0. The summed E-state index contributed by atoms with van der Waals surface area (Å²) in [5, 5.41) is 0. The number of carbonyl (C=O) groups is 1. The monoisotopic (exact) mass is 371 g/mol. The highest BCUT2D eigenvalue weighted by Crippen LogP contribution is 2.16. The van der Waals surface area contributed by atoms with Crippen molar-refractivity contribution in [1.29, 1.82) is 0 Å². The largest absolute Gasteiger partial charge is 0.492 e. The van der Waals surface area contributed by atoms with E-state index in [4.69, 9.17) is 4.74 Å². The van der Waals surface area contributed by atoms with Crippen molar-refractivity contribution in [2.75, 3.05) is 20.2 Å². The fourth-order valence-corrected chi connectivity index (χ4v) is 2.67. The number of nitrogens with zero attached hydrogens (tertiary/aromatic N) is 3. The molecule has 0 spiro atoms. The van der Waals surface area contributed by atoms with Crippen LogP contribution in [0.1, 0.15) is 16.7 Å². The maximum absolute atomic E-state index is 12.2. The molecule has 0 radical (unpaired) electrons. The summed E-state index contributed by atoms with van der Waals surface area (Å²) < 4.78 is 8.01. The Hall–Kier alpha value is -3.09. The number of hydrogen-bond acceptors (Lipinski definition) is 4. The first-order valence-electron chi connectivity index (χ1n) is 8.60. The molecule has 27 heavy (non-hydrogen) atoms. The number of carbonyl (C=O) groups excluding carboxylic acids is 1. The highest BCUT2D eigenvalue weighted by atomic mass is 16.5. The zero-order valence-corrected chi connectivity index (χ0v) is 16.4. The smallest absolute Gasteiger partial charge is 0.330 e. The van der Waals surface area contributed by atoms with E-state index in [0.717, 1.165) is 21.4 Å². The van der Waals surface area contributed by atoms with E-state index in [1.807, 2.05) is 26.0 Å². The Kier molecular flexibility index (Phi) is 6.39. The molecule has 0 atom stereocenters. The molecule has 0 saturated heterocycles. The number of aryl methyl sites for hydroxylation is 3. The van der Waals surface area contributed by atoms with Crippen LogP contribution in [0.15, 0.2) is 40.1 Å². The highest BCUT2D eigenvalue weighted by Gasteiger charge is 2.08. The van der Waals surface area contributed by atoms with Crippen molar-refractivity contribution in [1.82, 2.24) is 14.0 Å². The van der Waals surface area contributed by atoms with Gasteiger partial charge in [0.2, 0.25) is 5.91 Å². The van der Waals surface area contributed by atoms with Crippen LogP contribution in [0, 0.1) is 13.8 Å². The van der Waals surface area contributed by atoms with E-state index in [2.05, 4.69) is 6.07 Å². The van der Waals surface area contributed by atoms with E-state index < -0.39 is 11.2 Å². The zero-order chi connectivity index (χ0) is 20.1. The van der Waals surface area contributed by atoms with Crippen molar-refractivity contribution in [3.63, 3.8) is 0 Å². The second kappa shape index (κ2) is 8.53. The predicted molar refractivity (Wildman–Crippen MR) is 105 cm³/mol. The fourth-order valence-electron chi connectivity index (χ4n) is 2.67. The van der Waals surface area contributed by atoms with Crippen LogP contribution in [-0.4, -0.2) is 40.1 Å². The summed E-state index contributed by atoms with van der Waals surface area (Å²) in [4.78, 5) is 37.5. The average molecular weight is 371 g/mol.